The number of hydrogen-bond donors (Lipinski definition) is 1. The van der Waals surface area contributed by atoms with Crippen LogP contribution in [-0.2, 0) is 22.6 Å². The summed E-state index contributed by atoms with van der Waals surface area (Å²) < 4.78 is 15.4. The standard InChI is InChI=1S/C24H26FN5O2S/c1-17-3-2-4-19(15-17)23-26-27-24(33)30(23)10-9-21(31)28-11-13-29(14-12-28)22(32)16-18-5-7-20(25)8-6-18/h2-8,15H,9-14,16H2,1H3,(H,27,33). The number of aryl methyl sites for hydroxylation is 1. The largest absolute Gasteiger partial charge is 0.339 e. The lowest BCUT2D eigenvalue weighted by Crippen LogP contribution is -2.51. The minimum Gasteiger partial charge on any atom is -0.339 e. The number of amides is 2. The van der Waals surface area contributed by atoms with E-state index in [2.05, 4.69) is 10.2 Å². The lowest BCUT2D eigenvalue weighted by Gasteiger charge is -2.35. The molecular weight excluding hydrogens is 441 g/mol. The highest BCUT2D eigenvalue weighted by Crippen LogP contribution is 2.19. The van der Waals surface area contributed by atoms with Crippen LogP contribution in [0.5, 0.6) is 0 Å². The molecule has 4 rings (SSSR count). The minimum atomic E-state index is -0.318. The molecule has 0 aliphatic carbocycles. The van der Waals surface area contributed by atoms with E-state index in [4.69, 9.17) is 12.2 Å². The summed E-state index contributed by atoms with van der Waals surface area (Å²) in [6.45, 7) is 4.42. The van der Waals surface area contributed by atoms with Crippen molar-refractivity contribution < 1.29 is 14.0 Å². The van der Waals surface area contributed by atoms with Gasteiger partial charge in [-0.25, -0.2) is 4.39 Å². The van der Waals surface area contributed by atoms with Gasteiger partial charge >= 0.3 is 0 Å². The third kappa shape index (κ3) is 5.54. The second-order valence-electron chi connectivity index (χ2n) is 8.19. The Kier molecular flexibility index (Phi) is 6.98. The summed E-state index contributed by atoms with van der Waals surface area (Å²) in [5.74, 6) is 0.411. The molecule has 2 amide bonds. The molecule has 1 saturated heterocycles. The Labute approximate surface area is 196 Å². The average Bonchev–Trinajstić information content (AvgIpc) is 3.19. The van der Waals surface area contributed by atoms with E-state index in [1.54, 1.807) is 21.9 Å². The van der Waals surface area contributed by atoms with Crippen molar-refractivity contribution in [2.75, 3.05) is 26.2 Å². The Bertz CT molecular complexity index is 1200. The van der Waals surface area contributed by atoms with Crippen LogP contribution in [0.25, 0.3) is 11.4 Å². The van der Waals surface area contributed by atoms with Crippen LogP contribution in [0.3, 0.4) is 0 Å². The van der Waals surface area contributed by atoms with Crippen molar-refractivity contribution in [3.63, 3.8) is 0 Å². The normalized spacial score (nSPS) is 13.9. The van der Waals surface area contributed by atoms with Crippen LogP contribution < -0.4 is 0 Å². The summed E-state index contributed by atoms with van der Waals surface area (Å²) in [6.07, 6.45) is 0.533. The highest BCUT2D eigenvalue weighted by molar-refractivity contribution is 7.71. The van der Waals surface area contributed by atoms with Gasteiger partial charge in [0.15, 0.2) is 10.6 Å². The quantitative estimate of drug-likeness (QED) is 0.564. The van der Waals surface area contributed by atoms with E-state index < -0.39 is 0 Å². The van der Waals surface area contributed by atoms with Crippen molar-refractivity contribution >= 4 is 24.0 Å². The molecule has 172 valence electrons. The van der Waals surface area contributed by atoms with Gasteiger partial charge in [0.2, 0.25) is 11.8 Å². The monoisotopic (exact) mass is 467 g/mol. The van der Waals surface area contributed by atoms with Gasteiger partial charge < -0.3 is 9.80 Å². The number of aromatic amines is 1. The van der Waals surface area contributed by atoms with Crippen molar-refractivity contribution in [3.05, 3.63) is 70.2 Å². The molecule has 0 unspecified atom stereocenters. The van der Waals surface area contributed by atoms with Gasteiger partial charge in [0.25, 0.3) is 0 Å². The molecule has 1 aliphatic heterocycles. The van der Waals surface area contributed by atoms with E-state index in [0.29, 0.717) is 49.7 Å². The first-order chi connectivity index (χ1) is 15.9. The Morgan fingerprint density at radius 2 is 1.70 bits per heavy atom. The Morgan fingerprint density at radius 1 is 1.03 bits per heavy atom. The van der Waals surface area contributed by atoms with Crippen LogP contribution in [0.15, 0.2) is 48.5 Å². The smallest absolute Gasteiger partial charge is 0.227 e. The fourth-order valence-corrected chi connectivity index (χ4v) is 4.21. The minimum absolute atomic E-state index is 0.0128. The lowest BCUT2D eigenvalue weighted by atomic mass is 10.1. The number of aromatic nitrogens is 3. The van der Waals surface area contributed by atoms with E-state index in [9.17, 15) is 14.0 Å². The van der Waals surface area contributed by atoms with Crippen LogP contribution in [-0.4, -0.2) is 62.6 Å². The van der Waals surface area contributed by atoms with Gasteiger partial charge in [-0.2, -0.15) is 5.10 Å². The van der Waals surface area contributed by atoms with Gasteiger partial charge in [-0.3, -0.25) is 19.3 Å². The van der Waals surface area contributed by atoms with Gasteiger partial charge in [-0.05, 0) is 42.9 Å². The zero-order valence-corrected chi connectivity index (χ0v) is 19.3. The van der Waals surface area contributed by atoms with E-state index in [1.165, 1.54) is 12.1 Å². The topological polar surface area (TPSA) is 74.2 Å². The molecule has 2 aromatic carbocycles. The summed E-state index contributed by atoms with van der Waals surface area (Å²) in [5.41, 5.74) is 2.85. The molecule has 3 aromatic rings. The zero-order valence-electron chi connectivity index (χ0n) is 18.5. The van der Waals surface area contributed by atoms with Crippen molar-refractivity contribution in [1.29, 1.82) is 0 Å². The van der Waals surface area contributed by atoms with E-state index in [1.807, 2.05) is 35.8 Å². The summed E-state index contributed by atoms with van der Waals surface area (Å²) in [4.78, 5) is 28.9. The number of rotatable bonds is 6. The van der Waals surface area contributed by atoms with Crippen molar-refractivity contribution in [2.45, 2.75) is 26.3 Å². The zero-order chi connectivity index (χ0) is 23.4. The maximum Gasteiger partial charge on any atom is 0.227 e. The molecule has 0 bridgehead atoms. The number of hydrogen-bond acceptors (Lipinski definition) is 4. The number of piperazine rings is 1. The molecule has 0 atom stereocenters. The molecule has 33 heavy (non-hydrogen) atoms. The first-order valence-corrected chi connectivity index (χ1v) is 11.3. The Morgan fingerprint density at radius 3 is 2.36 bits per heavy atom. The van der Waals surface area contributed by atoms with E-state index in [-0.39, 0.29) is 24.1 Å². The summed E-state index contributed by atoms with van der Waals surface area (Å²) >= 11 is 5.37. The fourth-order valence-electron chi connectivity index (χ4n) is 3.99. The molecule has 1 fully saturated rings. The van der Waals surface area contributed by atoms with E-state index >= 15 is 0 Å². The number of benzene rings is 2. The first-order valence-electron chi connectivity index (χ1n) is 10.9. The molecule has 2 heterocycles. The van der Waals surface area contributed by atoms with Crippen LogP contribution in [0.2, 0.25) is 0 Å². The number of nitrogens with one attached hydrogen (secondary N) is 1. The molecule has 9 heteroatoms. The van der Waals surface area contributed by atoms with Crippen LogP contribution in [0, 0.1) is 17.5 Å². The van der Waals surface area contributed by atoms with Crippen molar-refractivity contribution in [3.8, 4) is 11.4 Å². The predicted octanol–water partition coefficient (Wildman–Crippen LogP) is 3.36. The molecule has 1 aliphatic rings. The number of halogens is 1. The lowest BCUT2D eigenvalue weighted by molar-refractivity contribution is -0.139. The Balaban J connectivity index is 1.30. The SMILES string of the molecule is Cc1cccc(-c2n[nH]c(=S)n2CCC(=O)N2CCN(C(=O)Cc3ccc(F)cc3)CC2)c1. The van der Waals surface area contributed by atoms with E-state index in [0.717, 1.165) is 16.7 Å². The summed E-state index contributed by atoms with van der Waals surface area (Å²) in [5, 5.41) is 7.17. The number of carbonyl (C=O) groups is 2. The number of carbonyl (C=O) groups excluding carboxylic acids is 2. The summed E-state index contributed by atoms with van der Waals surface area (Å²) in [6, 6.07) is 13.9. The van der Waals surface area contributed by atoms with Gasteiger partial charge in [-0.1, -0.05) is 35.9 Å². The molecule has 7 nitrogen and oxygen atoms in total. The molecular formula is C24H26FN5O2S. The maximum absolute atomic E-state index is 13.1. The molecule has 0 saturated carbocycles. The van der Waals surface area contributed by atoms with Crippen LogP contribution in [0.4, 0.5) is 4.39 Å². The van der Waals surface area contributed by atoms with Crippen molar-refractivity contribution in [2.24, 2.45) is 0 Å². The first kappa shape index (κ1) is 22.8. The van der Waals surface area contributed by atoms with Gasteiger partial charge in [0.05, 0.1) is 6.42 Å². The van der Waals surface area contributed by atoms with Gasteiger partial charge in [0.1, 0.15) is 5.82 Å². The highest BCUT2D eigenvalue weighted by atomic mass is 32.1. The molecule has 0 radical (unpaired) electrons. The summed E-state index contributed by atoms with van der Waals surface area (Å²) in [7, 11) is 0. The second kappa shape index (κ2) is 10.1. The molecule has 0 spiro atoms. The highest BCUT2D eigenvalue weighted by Gasteiger charge is 2.24. The van der Waals surface area contributed by atoms with Crippen LogP contribution >= 0.6 is 12.2 Å². The Hall–Kier alpha value is -3.33. The molecule has 1 aromatic heterocycles. The average molecular weight is 468 g/mol. The van der Waals surface area contributed by atoms with Gasteiger partial charge in [0, 0.05) is 44.7 Å². The number of nitrogens with zero attached hydrogens (tertiary/aromatic N) is 4. The third-order valence-electron chi connectivity index (χ3n) is 5.84. The van der Waals surface area contributed by atoms with Crippen LogP contribution in [0.1, 0.15) is 17.5 Å². The van der Waals surface area contributed by atoms with Crippen molar-refractivity contribution in [1.82, 2.24) is 24.6 Å². The second-order valence-corrected chi connectivity index (χ2v) is 8.57. The third-order valence-corrected chi connectivity index (χ3v) is 6.15. The van der Waals surface area contributed by atoms with Gasteiger partial charge in [-0.15, -0.1) is 0 Å². The molecule has 1 N–H and O–H groups in total. The number of H-pyrrole nitrogens is 1. The fraction of sp³-hybridized carbons (Fsp3) is 0.333. The maximum atomic E-state index is 13.1. The predicted molar refractivity (Wildman–Crippen MR) is 125 cm³/mol.